The SMILES string of the molecule is CC[C@@H](C)NC(=O)[C@H](Cc1ccccc1)N(Cc1cccc(Br)c1)C(=O)CN(c1cccc([N+](=O)[O-])c1)S(C)(=O)=O. The fourth-order valence-corrected chi connectivity index (χ4v) is 5.49. The molecule has 0 fully saturated rings. The molecule has 0 aliphatic heterocycles. The maximum absolute atomic E-state index is 14.1. The molecule has 3 rings (SSSR count). The van der Waals surface area contributed by atoms with E-state index >= 15 is 0 Å². The van der Waals surface area contributed by atoms with E-state index in [0.29, 0.717) is 6.42 Å². The summed E-state index contributed by atoms with van der Waals surface area (Å²) in [7, 11) is -4.04. The van der Waals surface area contributed by atoms with Gasteiger partial charge in [-0.3, -0.25) is 24.0 Å². The van der Waals surface area contributed by atoms with Crippen LogP contribution in [0.5, 0.6) is 0 Å². The molecular formula is C29H33BrN4O6S. The number of benzene rings is 3. The van der Waals surface area contributed by atoms with Crippen molar-refractivity contribution in [3.8, 4) is 0 Å². The van der Waals surface area contributed by atoms with Crippen molar-refractivity contribution >= 4 is 49.1 Å². The third-order valence-corrected chi connectivity index (χ3v) is 8.16. The van der Waals surface area contributed by atoms with E-state index in [9.17, 15) is 28.1 Å². The zero-order chi connectivity index (χ0) is 30.2. The van der Waals surface area contributed by atoms with Gasteiger partial charge in [-0.2, -0.15) is 0 Å². The highest BCUT2D eigenvalue weighted by Gasteiger charge is 2.33. The normalized spacial score (nSPS) is 12.7. The van der Waals surface area contributed by atoms with Crippen molar-refractivity contribution in [2.75, 3.05) is 17.1 Å². The summed E-state index contributed by atoms with van der Waals surface area (Å²) in [4.78, 5) is 39.8. The van der Waals surface area contributed by atoms with Gasteiger partial charge in [-0.1, -0.05) is 71.4 Å². The van der Waals surface area contributed by atoms with Gasteiger partial charge < -0.3 is 10.2 Å². The Bertz CT molecular complexity index is 1490. The van der Waals surface area contributed by atoms with Crippen molar-refractivity contribution in [1.82, 2.24) is 10.2 Å². The lowest BCUT2D eigenvalue weighted by Gasteiger charge is -2.34. The zero-order valence-corrected chi connectivity index (χ0v) is 25.5. The molecule has 3 aromatic carbocycles. The Hall–Kier alpha value is -3.77. The number of sulfonamides is 1. The van der Waals surface area contributed by atoms with Gasteiger partial charge in [-0.05, 0) is 42.7 Å². The van der Waals surface area contributed by atoms with Gasteiger partial charge in [0, 0.05) is 35.6 Å². The molecule has 0 aromatic heterocycles. The first-order valence-electron chi connectivity index (χ1n) is 13.0. The van der Waals surface area contributed by atoms with Gasteiger partial charge in [0.1, 0.15) is 12.6 Å². The number of nitrogens with zero attached hydrogens (tertiary/aromatic N) is 3. The molecule has 3 aromatic rings. The third-order valence-electron chi connectivity index (χ3n) is 6.52. The molecule has 0 saturated heterocycles. The monoisotopic (exact) mass is 644 g/mol. The molecule has 0 spiro atoms. The molecular weight excluding hydrogens is 612 g/mol. The molecule has 0 bridgehead atoms. The van der Waals surface area contributed by atoms with Crippen LogP contribution < -0.4 is 9.62 Å². The first kappa shape index (κ1) is 31.8. The second kappa shape index (κ2) is 14.2. The van der Waals surface area contributed by atoms with E-state index in [0.717, 1.165) is 32.2 Å². The van der Waals surface area contributed by atoms with E-state index in [1.807, 2.05) is 62.4 Å². The number of carbonyl (C=O) groups excluding carboxylic acids is 2. The number of nitrogens with one attached hydrogen (secondary N) is 1. The minimum Gasteiger partial charge on any atom is -0.352 e. The Labute approximate surface area is 248 Å². The van der Waals surface area contributed by atoms with Gasteiger partial charge in [0.15, 0.2) is 0 Å². The van der Waals surface area contributed by atoms with Gasteiger partial charge in [0.25, 0.3) is 5.69 Å². The highest BCUT2D eigenvalue weighted by atomic mass is 79.9. The Morgan fingerprint density at radius 2 is 1.66 bits per heavy atom. The van der Waals surface area contributed by atoms with Crippen LogP contribution in [0.15, 0.2) is 83.3 Å². The summed E-state index contributed by atoms with van der Waals surface area (Å²) < 4.78 is 27.3. The van der Waals surface area contributed by atoms with Gasteiger partial charge in [0.2, 0.25) is 21.8 Å². The van der Waals surface area contributed by atoms with Crippen LogP contribution in [0.2, 0.25) is 0 Å². The van der Waals surface area contributed by atoms with E-state index in [4.69, 9.17) is 0 Å². The Morgan fingerprint density at radius 3 is 2.27 bits per heavy atom. The first-order chi connectivity index (χ1) is 19.4. The molecule has 0 saturated carbocycles. The molecule has 0 aliphatic rings. The predicted octanol–water partition coefficient (Wildman–Crippen LogP) is 4.68. The van der Waals surface area contributed by atoms with Crippen LogP contribution >= 0.6 is 15.9 Å². The molecule has 2 atom stereocenters. The smallest absolute Gasteiger partial charge is 0.271 e. The topological polar surface area (TPSA) is 130 Å². The van der Waals surface area contributed by atoms with Crippen molar-refractivity contribution in [1.29, 1.82) is 0 Å². The summed E-state index contributed by atoms with van der Waals surface area (Å²) in [5.41, 5.74) is 1.21. The number of anilines is 1. The standard InChI is InChI=1S/C29H33BrN4O6S/c1-4-21(2)31-29(36)27(17-22-10-6-5-7-11-22)32(19-23-12-8-13-24(30)16-23)28(35)20-33(41(3,39)40)25-14-9-15-26(18-25)34(37)38/h5-16,18,21,27H,4,17,19-20H2,1-3H3,(H,31,36)/t21-,27+/m1/s1. The molecule has 12 heteroatoms. The van der Waals surface area contributed by atoms with Crippen LogP contribution in [0, 0.1) is 10.1 Å². The number of halogens is 1. The highest BCUT2D eigenvalue weighted by molar-refractivity contribution is 9.10. The Balaban J connectivity index is 2.08. The van der Waals surface area contributed by atoms with Gasteiger partial charge in [-0.25, -0.2) is 8.42 Å². The highest BCUT2D eigenvalue weighted by Crippen LogP contribution is 2.24. The van der Waals surface area contributed by atoms with E-state index in [1.54, 1.807) is 6.07 Å². The largest absolute Gasteiger partial charge is 0.352 e. The number of hydrogen-bond donors (Lipinski definition) is 1. The second-order valence-electron chi connectivity index (χ2n) is 9.72. The average Bonchev–Trinajstić information content (AvgIpc) is 2.93. The quantitative estimate of drug-likeness (QED) is 0.212. The maximum atomic E-state index is 14.1. The van der Waals surface area contributed by atoms with Crippen molar-refractivity contribution in [3.05, 3.63) is 105 Å². The lowest BCUT2D eigenvalue weighted by atomic mass is 10.0. The van der Waals surface area contributed by atoms with Crippen molar-refractivity contribution in [3.63, 3.8) is 0 Å². The van der Waals surface area contributed by atoms with Crippen LogP contribution in [0.25, 0.3) is 0 Å². The number of non-ortho nitro benzene ring substituents is 1. The van der Waals surface area contributed by atoms with Crippen LogP contribution in [-0.2, 0) is 32.6 Å². The second-order valence-corrected chi connectivity index (χ2v) is 12.5. The molecule has 0 aliphatic carbocycles. The third kappa shape index (κ3) is 9.12. The van der Waals surface area contributed by atoms with Crippen LogP contribution in [0.4, 0.5) is 11.4 Å². The van der Waals surface area contributed by atoms with Crippen molar-refractivity contribution < 1.29 is 22.9 Å². The number of nitro groups is 1. The molecule has 10 nitrogen and oxygen atoms in total. The summed E-state index contributed by atoms with van der Waals surface area (Å²) in [5.74, 6) is -1.00. The molecule has 0 radical (unpaired) electrons. The number of carbonyl (C=O) groups is 2. The van der Waals surface area contributed by atoms with Gasteiger partial charge in [0.05, 0.1) is 16.9 Å². The fourth-order valence-electron chi connectivity index (χ4n) is 4.20. The number of nitro benzene ring substituents is 1. The fraction of sp³-hybridized carbons (Fsp3) is 0.310. The molecule has 0 unspecified atom stereocenters. The van der Waals surface area contributed by atoms with Crippen LogP contribution in [0.3, 0.4) is 0 Å². The number of hydrogen-bond acceptors (Lipinski definition) is 6. The summed E-state index contributed by atoms with van der Waals surface area (Å²) in [6.07, 6.45) is 1.80. The number of rotatable bonds is 13. The minimum atomic E-state index is -4.04. The van der Waals surface area contributed by atoms with Gasteiger partial charge >= 0.3 is 0 Å². The van der Waals surface area contributed by atoms with E-state index < -0.39 is 33.4 Å². The van der Waals surface area contributed by atoms with Crippen molar-refractivity contribution in [2.45, 2.75) is 45.3 Å². The molecule has 1 N–H and O–H groups in total. The number of amides is 2. The van der Waals surface area contributed by atoms with Crippen LogP contribution in [-0.4, -0.2) is 54.9 Å². The van der Waals surface area contributed by atoms with E-state index in [1.165, 1.54) is 23.1 Å². The average molecular weight is 646 g/mol. The summed E-state index contributed by atoms with van der Waals surface area (Å²) in [5, 5.41) is 14.3. The zero-order valence-electron chi connectivity index (χ0n) is 23.1. The molecule has 2 amide bonds. The van der Waals surface area contributed by atoms with E-state index in [2.05, 4.69) is 21.2 Å². The lowest BCUT2D eigenvalue weighted by Crippen LogP contribution is -2.54. The summed E-state index contributed by atoms with van der Waals surface area (Å²) in [6.45, 7) is 3.17. The summed E-state index contributed by atoms with van der Waals surface area (Å²) in [6, 6.07) is 20.5. The first-order valence-corrected chi connectivity index (χ1v) is 15.6. The Morgan fingerprint density at radius 1 is 1.00 bits per heavy atom. The van der Waals surface area contributed by atoms with Gasteiger partial charge in [-0.15, -0.1) is 0 Å². The predicted molar refractivity (Wildman–Crippen MR) is 162 cm³/mol. The molecule has 0 heterocycles. The summed E-state index contributed by atoms with van der Waals surface area (Å²) >= 11 is 3.44. The van der Waals surface area contributed by atoms with E-state index in [-0.39, 0.29) is 36.3 Å². The Kier molecular flexibility index (Phi) is 11.0. The molecule has 218 valence electrons. The molecule has 41 heavy (non-hydrogen) atoms. The minimum absolute atomic E-state index is 0.0240. The van der Waals surface area contributed by atoms with Crippen molar-refractivity contribution in [2.24, 2.45) is 0 Å². The maximum Gasteiger partial charge on any atom is 0.271 e. The lowest BCUT2D eigenvalue weighted by molar-refractivity contribution is -0.384. The van der Waals surface area contributed by atoms with Crippen LogP contribution in [0.1, 0.15) is 31.4 Å².